The molecule has 0 bridgehead atoms. The van der Waals surface area contributed by atoms with Gasteiger partial charge in [0.05, 0.1) is 12.8 Å². The van der Waals surface area contributed by atoms with E-state index < -0.39 is 0 Å². The number of nitrogens with one attached hydrogen (secondary N) is 1. The molecule has 0 radical (unpaired) electrons. The molecular weight excluding hydrogens is 270 g/mol. The fraction of sp³-hybridized carbons (Fsp3) is 0.182. The van der Waals surface area contributed by atoms with Crippen LogP contribution in [0.2, 0.25) is 0 Å². The van der Waals surface area contributed by atoms with Crippen molar-refractivity contribution in [2.75, 3.05) is 12.8 Å². The average Bonchev–Trinajstić information content (AvgIpc) is 2.63. The lowest BCUT2D eigenvalue weighted by molar-refractivity contribution is 0.413. The van der Waals surface area contributed by atoms with Crippen LogP contribution >= 0.6 is 15.9 Å². The minimum atomic E-state index is 0.467. The highest BCUT2D eigenvalue weighted by atomic mass is 79.9. The number of aromatic amines is 1. The number of nitrogens with two attached hydrogens (primary N) is 1. The highest BCUT2D eigenvalue weighted by Gasteiger charge is 2.11. The van der Waals surface area contributed by atoms with Gasteiger partial charge in [0.1, 0.15) is 11.6 Å². The zero-order chi connectivity index (χ0) is 11.7. The van der Waals surface area contributed by atoms with Gasteiger partial charge in [0.25, 0.3) is 0 Å². The molecule has 0 fully saturated rings. The molecule has 0 aliphatic rings. The smallest absolute Gasteiger partial charge is 0.145 e. The van der Waals surface area contributed by atoms with E-state index in [2.05, 4.69) is 26.1 Å². The zero-order valence-electron chi connectivity index (χ0n) is 9.04. The van der Waals surface area contributed by atoms with Gasteiger partial charge in [-0.3, -0.25) is 5.10 Å². The molecule has 2 rings (SSSR count). The van der Waals surface area contributed by atoms with Crippen LogP contribution in [0.25, 0.3) is 11.3 Å². The van der Waals surface area contributed by atoms with Crippen LogP contribution in [0.3, 0.4) is 0 Å². The van der Waals surface area contributed by atoms with Gasteiger partial charge in [-0.25, -0.2) is 0 Å². The number of anilines is 1. The van der Waals surface area contributed by atoms with E-state index in [0.29, 0.717) is 5.82 Å². The van der Waals surface area contributed by atoms with Crippen LogP contribution in [0.15, 0.2) is 22.7 Å². The quantitative estimate of drug-likeness (QED) is 0.890. The molecule has 0 aliphatic carbocycles. The van der Waals surface area contributed by atoms with Crippen molar-refractivity contribution in [3.05, 3.63) is 28.2 Å². The van der Waals surface area contributed by atoms with Gasteiger partial charge in [-0.15, -0.1) is 0 Å². The second-order valence-corrected chi connectivity index (χ2v) is 4.43. The molecule has 1 aromatic heterocycles. The van der Waals surface area contributed by atoms with Crippen molar-refractivity contribution in [1.29, 1.82) is 0 Å². The maximum absolute atomic E-state index is 5.59. The van der Waals surface area contributed by atoms with E-state index in [1.165, 1.54) is 0 Å². The van der Waals surface area contributed by atoms with Crippen molar-refractivity contribution in [2.24, 2.45) is 0 Å². The molecule has 0 saturated heterocycles. The van der Waals surface area contributed by atoms with Gasteiger partial charge in [0.15, 0.2) is 0 Å². The van der Waals surface area contributed by atoms with E-state index in [4.69, 9.17) is 10.5 Å². The van der Waals surface area contributed by atoms with E-state index in [1.54, 1.807) is 13.2 Å². The monoisotopic (exact) mass is 281 g/mol. The largest absolute Gasteiger partial charge is 0.496 e. The number of rotatable bonds is 2. The predicted molar refractivity (Wildman–Crippen MR) is 67.4 cm³/mol. The second kappa shape index (κ2) is 4.17. The molecule has 16 heavy (non-hydrogen) atoms. The summed E-state index contributed by atoms with van der Waals surface area (Å²) >= 11 is 3.46. The Morgan fingerprint density at radius 1 is 1.38 bits per heavy atom. The summed E-state index contributed by atoms with van der Waals surface area (Å²) in [5.41, 5.74) is 8.43. The van der Waals surface area contributed by atoms with Crippen molar-refractivity contribution in [1.82, 2.24) is 10.2 Å². The fourth-order valence-corrected chi connectivity index (χ4v) is 2.25. The minimum Gasteiger partial charge on any atom is -0.496 e. The number of benzene rings is 1. The van der Waals surface area contributed by atoms with Gasteiger partial charge < -0.3 is 10.5 Å². The van der Waals surface area contributed by atoms with E-state index in [9.17, 15) is 0 Å². The first-order chi connectivity index (χ1) is 7.61. The first-order valence-electron chi connectivity index (χ1n) is 4.77. The molecule has 0 unspecified atom stereocenters. The topological polar surface area (TPSA) is 63.9 Å². The van der Waals surface area contributed by atoms with Gasteiger partial charge in [0, 0.05) is 16.1 Å². The summed E-state index contributed by atoms with van der Waals surface area (Å²) in [6, 6.07) is 5.75. The Balaban J connectivity index is 2.63. The van der Waals surface area contributed by atoms with E-state index in [1.807, 2.05) is 19.1 Å². The van der Waals surface area contributed by atoms with Crippen LogP contribution in [0.5, 0.6) is 5.75 Å². The molecule has 0 saturated carbocycles. The molecule has 2 aromatic rings. The molecule has 1 heterocycles. The molecule has 1 aromatic carbocycles. The number of H-pyrrole nitrogens is 1. The molecule has 3 N–H and O–H groups in total. The number of hydrogen-bond donors (Lipinski definition) is 2. The Hall–Kier alpha value is -1.49. The van der Waals surface area contributed by atoms with Gasteiger partial charge in [0.2, 0.25) is 0 Å². The Labute approximate surface area is 102 Å². The third-order valence-corrected chi connectivity index (χ3v) is 2.79. The summed E-state index contributed by atoms with van der Waals surface area (Å²) < 4.78 is 6.38. The molecule has 4 nitrogen and oxygen atoms in total. The van der Waals surface area contributed by atoms with Crippen molar-refractivity contribution in [2.45, 2.75) is 6.92 Å². The van der Waals surface area contributed by atoms with Crippen LogP contribution in [0.1, 0.15) is 5.56 Å². The highest BCUT2D eigenvalue weighted by Crippen LogP contribution is 2.35. The van der Waals surface area contributed by atoms with E-state index >= 15 is 0 Å². The first-order valence-corrected chi connectivity index (χ1v) is 5.56. The Morgan fingerprint density at radius 3 is 2.69 bits per heavy atom. The summed E-state index contributed by atoms with van der Waals surface area (Å²) in [6.45, 7) is 1.99. The number of nitrogen functional groups attached to an aromatic ring is 1. The van der Waals surface area contributed by atoms with Crippen LogP contribution in [-0.4, -0.2) is 17.3 Å². The average molecular weight is 282 g/mol. The Kier molecular flexibility index (Phi) is 2.87. The Bertz CT molecular complexity index is 522. The number of ether oxygens (including phenoxy) is 1. The SMILES string of the molecule is COc1c(C)cc(Br)cc1-c1cc(N)n[nH]1. The normalized spacial score (nSPS) is 10.4. The van der Waals surface area contributed by atoms with Crippen LogP contribution in [0.4, 0.5) is 5.82 Å². The summed E-state index contributed by atoms with van der Waals surface area (Å²) in [5.74, 6) is 1.29. The van der Waals surface area contributed by atoms with Gasteiger partial charge >= 0.3 is 0 Å². The zero-order valence-corrected chi connectivity index (χ0v) is 10.6. The summed E-state index contributed by atoms with van der Waals surface area (Å²) in [5, 5.41) is 6.78. The lowest BCUT2D eigenvalue weighted by atomic mass is 10.1. The van der Waals surface area contributed by atoms with Crippen molar-refractivity contribution < 1.29 is 4.74 Å². The summed E-state index contributed by atoms with van der Waals surface area (Å²) in [4.78, 5) is 0. The number of nitrogens with zero attached hydrogens (tertiary/aromatic N) is 1. The van der Waals surface area contributed by atoms with Gasteiger partial charge in [-0.2, -0.15) is 5.10 Å². The molecular formula is C11H12BrN3O. The first kappa shape index (κ1) is 11.0. The number of aromatic nitrogens is 2. The lowest BCUT2D eigenvalue weighted by Crippen LogP contribution is -1.92. The molecule has 0 aliphatic heterocycles. The summed E-state index contributed by atoms with van der Waals surface area (Å²) in [7, 11) is 1.65. The predicted octanol–water partition coefficient (Wildman–Crippen LogP) is 2.74. The van der Waals surface area contributed by atoms with Crippen LogP contribution < -0.4 is 10.5 Å². The lowest BCUT2D eigenvalue weighted by Gasteiger charge is -2.10. The number of methoxy groups -OCH3 is 1. The van der Waals surface area contributed by atoms with Crippen molar-refractivity contribution >= 4 is 21.7 Å². The van der Waals surface area contributed by atoms with Crippen LogP contribution in [-0.2, 0) is 0 Å². The van der Waals surface area contributed by atoms with Crippen molar-refractivity contribution in [3.8, 4) is 17.0 Å². The second-order valence-electron chi connectivity index (χ2n) is 3.51. The van der Waals surface area contributed by atoms with E-state index in [0.717, 1.165) is 27.0 Å². The third kappa shape index (κ3) is 1.90. The number of aryl methyl sites for hydroxylation is 1. The standard InChI is InChI=1S/C11H12BrN3O/c1-6-3-7(12)4-8(11(6)16-2)9-5-10(13)15-14-9/h3-5H,1-2H3,(H3,13,14,15). The molecule has 0 amide bonds. The molecule has 0 atom stereocenters. The maximum Gasteiger partial charge on any atom is 0.145 e. The van der Waals surface area contributed by atoms with Crippen molar-refractivity contribution in [3.63, 3.8) is 0 Å². The maximum atomic E-state index is 5.59. The third-order valence-electron chi connectivity index (χ3n) is 2.33. The molecule has 84 valence electrons. The Morgan fingerprint density at radius 2 is 2.12 bits per heavy atom. The molecule has 5 heteroatoms. The fourth-order valence-electron chi connectivity index (χ4n) is 1.68. The van der Waals surface area contributed by atoms with Gasteiger partial charge in [-0.05, 0) is 24.6 Å². The minimum absolute atomic E-state index is 0.467. The molecule has 0 spiro atoms. The van der Waals surface area contributed by atoms with Crippen LogP contribution in [0, 0.1) is 6.92 Å². The summed E-state index contributed by atoms with van der Waals surface area (Å²) in [6.07, 6.45) is 0. The van der Waals surface area contributed by atoms with Gasteiger partial charge in [-0.1, -0.05) is 15.9 Å². The number of halogens is 1. The highest BCUT2D eigenvalue weighted by molar-refractivity contribution is 9.10. The van der Waals surface area contributed by atoms with E-state index in [-0.39, 0.29) is 0 Å². The number of hydrogen-bond acceptors (Lipinski definition) is 3.